The van der Waals surface area contributed by atoms with Gasteiger partial charge in [0.2, 0.25) is 0 Å². The van der Waals surface area contributed by atoms with Crippen LogP contribution >= 0.6 is 0 Å². The Kier molecular flexibility index (Phi) is 3.21. The van der Waals surface area contributed by atoms with Crippen molar-refractivity contribution in [1.29, 1.82) is 0 Å². The summed E-state index contributed by atoms with van der Waals surface area (Å²) >= 11 is 0. The number of nitrogens with one attached hydrogen (secondary N) is 1. The zero-order valence-electron chi connectivity index (χ0n) is 11.4. The van der Waals surface area contributed by atoms with Gasteiger partial charge in [-0.25, -0.2) is 0 Å². The predicted molar refractivity (Wildman–Crippen MR) is 74.1 cm³/mol. The monoisotopic (exact) mass is 259 g/mol. The third kappa shape index (κ3) is 2.91. The van der Waals surface area contributed by atoms with Crippen molar-refractivity contribution in [3.05, 3.63) is 29.3 Å². The summed E-state index contributed by atoms with van der Waals surface area (Å²) in [5.41, 5.74) is 1.35. The van der Waals surface area contributed by atoms with E-state index in [0.29, 0.717) is 11.5 Å². The van der Waals surface area contributed by atoms with Gasteiger partial charge in [0, 0.05) is 6.54 Å². The van der Waals surface area contributed by atoms with Gasteiger partial charge in [-0.3, -0.25) is 4.79 Å². The molecule has 3 heteroatoms. The third-order valence-corrected chi connectivity index (χ3v) is 4.35. The van der Waals surface area contributed by atoms with Crippen LogP contribution in [0.5, 0.6) is 5.75 Å². The molecule has 2 fully saturated rings. The minimum atomic E-state index is -0.149. The number of hydrogen-bond donors (Lipinski definition) is 2. The molecule has 2 aliphatic carbocycles. The topological polar surface area (TPSA) is 49.3 Å². The Bertz CT molecular complexity index is 478. The van der Waals surface area contributed by atoms with E-state index in [1.54, 1.807) is 12.1 Å². The van der Waals surface area contributed by atoms with E-state index in [1.165, 1.54) is 25.7 Å². The molecule has 0 saturated heterocycles. The summed E-state index contributed by atoms with van der Waals surface area (Å²) < 4.78 is 0. The fourth-order valence-electron chi connectivity index (χ4n) is 2.91. The van der Waals surface area contributed by atoms with Gasteiger partial charge in [-0.15, -0.1) is 0 Å². The summed E-state index contributed by atoms with van der Waals surface area (Å²) in [6.45, 7) is 2.67. The molecule has 1 aromatic rings. The average Bonchev–Trinajstić information content (AvgIpc) is 3.23. The Balaban J connectivity index is 1.61. The van der Waals surface area contributed by atoms with Crippen molar-refractivity contribution in [3.8, 4) is 5.75 Å². The molecule has 1 amide bonds. The quantitative estimate of drug-likeness (QED) is 0.854. The van der Waals surface area contributed by atoms with Gasteiger partial charge in [0.05, 0.1) is 5.56 Å². The van der Waals surface area contributed by atoms with Gasteiger partial charge in [-0.1, -0.05) is 6.07 Å². The highest BCUT2D eigenvalue weighted by Gasteiger charge is 2.41. The first-order valence-corrected chi connectivity index (χ1v) is 7.23. The summed E-state index contributed by atoms with van der Waals surface area (Å²) in [6.07, 6.45) is 5.30. The summed E-state index contributed by atoms with van der Waals surface area (Å²) in [5, 5.41) is 12.8. The summed E-state index contributed by atoms with van der Waals surface area (Å²) in [6, 6.07) is 5.19. The van der Waals surface area contributed by atoms with Crippen LogP contribution in [0.15, 0.2) is 18.2 Å². The molecule has 0 bridgehead atoms. The number of benzene rings is 1. The maximum atomic E-state index is 12.1. The highest BCUT2D eigenvalue weighted by Crippen LogP contribution is 2.48. The normalized spacial score (nSPS) is 18.6. The maximum Gasteiger partial charge on any atom is 0.255 e. The zero-order valence-corrected chi connectivity index (χ0v) is 11.4. The molecule has 0 aromatic heterocycles. The molecule has 0 atom stereocenters. The van der Waals surface area contributed by atoms with E-state index in [9.17, 15) is 9.90 Å². The third-order valence-electron chi connectivity index (χ3n) is 4.35. The summed E-state index contributed by atoms with van der Waals surface area (Å²) in [7, 11) is 0. The van der Waals surface area contributed by atoms with Gasteiger partial charge in [-0.2, -0.15) is 0 Å². The van der Waals surface area contributed by atoms with Crippen molar-refractivity contribution in [1.82, 2.24) is 5.32 Å². The smallest absolute Gasteiger partial charge is 0.255 e. The summed E-state index contributed by atoms with van der Waals surface area (Å²) in [5.74, 6) is 2.26. The van der Waals surface area contributed by atoms with Crippen LogP contribution in [-0.4, -0.2) is 17.6 Å². The van der Waals surface area contributed by atoms with E-state index in [2.05, 4.69) is 5.32 Å². The first kappa shape index (κ1) is 12.5. The molecule has 1 aromatic carbocycles. The Morgan fingerprint density at radius 3 is 2.47 bits per heavy atom. The van der Waals surface area contributed by atoms with E-state index in [4.69, 9.17) is 0 Å². The molecule has 102 valence electrons. The van der Waals surface area contributed by atoms with Crippen molar-refractivity contribution >= 4 is 5.91 Å². The SMILES string of the molecule is Cc1ccc(C(=O)NCC(C2CC2)C2CC2)c(O)c1. The first-order valence-electron chi connectivity index (χ1n) is 7.23. The number of phenolic OH excluding ortho intramolecular Hbond substituents is 1. The second kappa shape index (κ2) is 4.87. The minimum Gasteiger partial charge on any atom is -0.507 e. The second-order valence-corrected chi connectivity index (χ2v) is 6.07. The van der Waals surface area contributed by atoms with E-state index in [1.807, 2.05) is 13.0 Å². The highest BCUT2D eigenvalue weighted by atomic mass is 16.3. The maximum absolute atomic E-state index is 12.1. The Morgan fingerprint density at radius 1 is 1.32 bits per heavy atom. The Hall–Kier alpha value is -1.51. The Morgan fingerprint density at radius 2 is 1.95 bits per heavy atom. The fraction of sp³-hybridized carbons (Fsp3) is 0.562. The van der Waals surface area contributed by atoms with Crippen LogP contribution in [0.4, 0.5) is 0 Å². The molecule has 2 aliphatic rings. The summed E-state index contributed by atoms with van der Waals surface area (Å²) in [4.78, 5) is 12.1. The van der Waals surface area contributed by atoms with Crippen LogP contribution in [0.25, 0.3) is 0 Å². The van der Waals surface area contributed by atoms with Crippen molar-refractivity contribution in [2.24, 2.45) is 17.8 Å². The van der Waals surface area contributed by atoms with Crippen LogP contribution in [0.1, 0.15) is 41.6 Å². The van der Waals surface area contributed by atoms with E-state index in [-0.39, 0.29) is 11.7 Å². The number of hydrogen-bond acceptors (Lipinski definition) is 2. The lowest BCUT2D eigenvalue weighted by atomic mass is 9.98. The van der Waals surface area contributed by atoms with E-state index >= 15 is 0 Å². The van der Waals surface area contributed by atoms with Crippen LogP contribution < -0.4 is 5.32 Å². The lowest BCUT2D eigenvalue weighted by Gasteiger charge is -2.16. The largest absolute Gasteiger partial charge is 0.507 e. The van der Waals surface area contributed by atoms with Crippen molar-refractivity contribution in [2.45, 2.75) is 32.6 Å². The second-order valence-electron chi connectivity index (χ2n) is 6.07. The molecule has 0 radical (unpaired) electrons. The van der Waals surface area contributed by atoms with Crippen LogP contribution in [0.2, 0.25) is 0 Å². The molecule has 0 spiro atoms. The zero-order chi connectivity index (χ0) is 13.4. The number of aromatic hydroxyl groups is 1. The molecule has 2 saturated carbocycles. The van der Waals surface area contributed by atoms with Crippen molar-refractivity contribution in [2.75, 3.05) is 6.54 Å². The molecular formula is C16H21NO2. The number of rotatable bonds is 5. The molecule has 19 heavy (non-hydrogen) atoms. The van der Waals surface area contributed by atoms with Gasteiger partial charge in [-0.05, 0) is 68.1 Å². The van der Waals surface area contributed by atoms with Gasteiger partial charge >= 0.3 is 0 Å². The molecule has 0 aliphatic heterocycles. The predicted octanol–water partition coefficient (Wildman–Crippen LogP) is 2.87. The average molecular weight is 259 g/mol. The number of amides is 1. The highest BCUT2D eigenvalue weighted by molar-refractivity contribution is 5.96. The minimum absolute atomic E-state index is 0.0758. The molecule has 2 N–H and O–H groups in total. The number of phenols is 1. The van der Waals surface area contributed by atoms with Crippen molar-refractivity contribution < 1.29 is 9.90 Å². The molecule has 3 rings (SSSR count). The number of carbonyl (C=O) groups excluding carboxylic acids is 1. The lowest BCUT2D eigenvalue weighted by Crippen LogP contribution is -2.31. The van der Waals surface area contributed by atoms with Gasteiger partial charge in [0.1, 0.15) is 5.75 Å². The first-order chi connectivity index (χ1) is 9.15. The van der Waals surface area contributed by atoms with E-state index in [0.717, 1.165) is 23.9 Å². The lowest BCUT2D eigenvalue weighted by molar-refractivity contribution is 0.0940. The Labute approximate surface area is 114 Å². The van der Waals surface area contributed by atoms with Crippen LogP contribution in [0.3, 0.4) is 0 Å². The number of aryl methyl sites for hydroxylation is 1. The molecule has 0 unspecified atom stereocenters. The van der Waals surface area contributed by atoms with Gasteiger partial charge in [0.15, 0.2) is 0 Å². The molecule has 3 nitrogen and oxygen atoms in total. The standard InChI is InChI=1S/C16H21NO2/c1-10-2-7-13(15(18)8-10)16(19)17-9-14(11-3-4-11)12-5-6-12/h2,7-8,11-12,14,18H,3-6,9H2,1H3,(H,17,19). The van der Waals surface area contributed by atoms with Crippen molar-refractivity contribution in [3.63, 3.8) is 0 Å². The fourth-order valence-corrected chi connectivity index (χ4v) is 2.91. The molecular weight excluding hydrogens is 238 g/mol. The van der Waals surface area contributed by atoms with Gasteiger partial charge in [0.25, 0.3) is 5.91 Å². The van der Waals surface area contributed by atoms with Gasteiger partial charge < -0.3 is 10.4 Å². The van der Waals surface area contributed by atoms with E-state index < -0.39 is 0 Å². The number of carbonyl (C=O) groups is 1. The van der Waals surface area contributed by atoms with Crippen LogP contribution in [-0.2, 0) is 0 Å². The van der Waals surface area contributed by atoms with Crippen LogP contribution in [0, 0.1) is 24.7 Å². The molecule has 0 heterocycles.